The van der Waals surface area contributed by atoms with Gasteiger partial charge in [-0.2, -0.15) is 0 Å². The van der Waals surface area contributed by atoms with Crippen LogP contribution in [0.25, 0.3) is 0 Å². The van der Waals surface area contributed by atoms with Crippen molar-refractivity contribution in [2.24, 2.45) is 0 Å². The molecule has 11 heavy (non-hydrogen) atoms. The summed E-state index contributed by atoms with van der Waals surface area (Å²) in [5, 5.41) is 9.47. The molecule has 0 amide bonds. The SMILES string of the molecule is B[C@H]1COC(COC)C(O)C1. The van der Waals surface area contributed by atoms with Gasteiger partial charge in [0, 0.05) is 13.7 Å². The highest BCUT2D eigenvalue weighted by atomic mass is 16.5. The molecule has 3 nitrogen and oxygen atoms in total. The maximum Gasteiger partial charge on any atom is 0.108 e. The predicted octanol–water partition coefficient (Wildman–Crippen LogP) is -0.796. The topological polar surface area (TPSA) is 38.7 Å². The van der Waals surface area contributed by atoms with Crippen molar-refractivity contribution in [2.75, 3.05) is 20.3 Å². The van der Waals surface area contributed by atoms with E-state index in [0.29, 0.717) is 12.4 Å². The first-order valence-corrected chi connectivity index (χ1v) is 4.02. The molecule has 2 unspecified atom stereocenters. The fraction of sp³-hybridized carbons (Fsp3) is 1.00. The van der Waals surface area contributed by atoms with E-state index in [1.165, 1.54) is 0 Å². The smallest absolute Gasteiger partial charge is 0.108 e. The lowest BCUT2D eigenvalue weighted by molar-refractivity contribution is -0.100. The second kappa shape index (κ2) is 4.09. The molecule has 3 atom stereocenters. The number of methoxy groups -OCH3 is 1. The van der Waals surface area contributed by atoms with Gasteiger partial charge >= 0.3 is 0 Å². The van der Waals surface area contributed by atoms with Gasteiger partial charge in [0.15, 0.2) is 0 Å². The molecule has 0 radical (unpaired) electrons. The second-order valence-corrected chi connectivity index (χ2v) is 3.24. The zero-order chi connectivity index (χ0) is 8.27. The Morgan fingerprint density at radius 1 is 1.73 bits per heavy atom. The number of aliphatic hydroxyl groups is 1. The molecule has 1 saturated heterocycles. The Morgan fingerprint density at radius 2 is 2.45 bits per heavy atom. The van der Waals surface area contributed by atoms with E-state index < -0.39 is 0 Å². The lowest BCUT2D eigenvalue weighted by Gasteiger charge is -2.31. The number of hydrogen-bond donors (Lipinski definition) is 1. The summed E-state index contributed by atoms with van der Waals surface area (Å²) in [5.74, 6) is 0.470. The van der Waals surface area contributed by atoms with E-state index in [1.54, 1.807) is 7.11 Å². The van der Waals surface area contributed by atoms with Crippen molar-refractivity contribution in [3.63, 3.8) is 0 Å². The number of aliphatic hydroxyl groups excluding tert-OH is 1. The molecular weight excluding hydrogens is 143 g/mol. The van der Waals surface area contributed by atoms with Gasteiger partial charge in [-0.25, -0.2) is 0 Å². The van der Waals surface area contributed by atoms with E-state index in [2.05, 4.69) is 7.85 Å². The molecule has 1 N–H and O–H groups in total. The Morgan fingerprint density at radius 3 is 3.00 bits per heavy atom. The third-order valence-corrected chi connectivity index (χ3v) is 2.00. The lowest BCUT2D eigenvalue weighted by Crippen LogP contribution is -2.39. The summed E-state index contributed by atoms with van der Waals surface area (Å²) in [7, 11) is 3.69. The minimum absolute atomic E-state index is 0.115. The highest BCUT2D eigenvalue weighted by molar-refractivity contribution is 6.11. The van der Waals surface area contributed by atoms with Gasteiger partial charge in [-0.05, 0) is 12.2 Å². The molecule has 0 aromatic rings. The molecule has 0 aromatic carbocycles. The molecule has 0 bridgehead atoms. The van der Waals surface area contributed by atoms with Gasteiger partial charge in [0.25, 0.3) is 0 Å². The first-order valence-electron chi connectivity index (χ1n) is 4.02. The molecule has 0 spiro atoms. The van der Waals surface area contributed by atoms with Crippen LogP contribution in [0.3, 0.4) is 0 Å². The highest BCUT2D eigenvalue weighted by Crippen LogP contribution is 2.21. The summed E-state index contributed by atoms with van der Waals surface area (Å²) < 4.78 is 10.3. The fourth-order valence-corrected chi connectivity index (χ4v) is 1.35. The Hall–Kier alpha value is -0.0551. The molecule has 0 saturated carbocycles. The molecule has 0 aromatic heterocycles. The van der Waals surface area contributed by atoms with Crippen LogP contribution in [-0.4, -0.2) is 45.5 Å². The quantitative estimate of drug-likeness (QED) is 0.535. The number of ether oxygens (including phenoxy) is 2. The lowest BCUT2D eigenvalue weighted by atomic mass is 9.80. The Kier molecular flexibility index (Phi) is 3.36. The van der Waals surface area contributed by atoms with Crippen molar-refractivity contribution in [1.82, 2.24) is 0 Å². The maximum absolute atomic E-state index is 9.47. The molecule has 1 heterocycles. The minimum Gasteiger partial charge on any atom is -0.390 e. The van der Waals surface area contributed by atoms with E-state index in [9.17, 15) is 5.11 Å². The van der Waals surface area contributed by atoms with Crippen LogP contribution in [0.2, 0.25) is 5.82 Å². The number of hydrogen-bond acceptors (Lipinski definition) is 3. The Bertz CT molecular complexity index is 120. The molecule has 1 aliphatic heterocycles. The summed E-state index contributed by atoms with van der Waals surface area (Å²) in [6.07, 6.45) is 0.364. The Balaban J connectivity index is 2.31. The molecule has 0 aliphatic carbocycles. The Labute approximate surface area is 68.1 Å². The van der Waals surface area contributed by atoms with Crippen molar-refractivity contribution < 1.29 is 14.6 Å². The maximum atomic E-state index is 9.47. The summed E-state index contributed by atoms with van der Waals surface area (Å²) in [6, 6.07) is 0. The summed E-state index contributed by atoms with van der Waals surface area (Å²) >= 11 is 0. The molecule has 4 heteroatoms. The van der Waals surface area contributed by atoms with Crippen molar-refractivity contribution in [2.45, 2.75) is 24.4 Å². The normalized spacial score (nSPS) is 38.9. The summed E-state index contributed by atoms with van der Waals surface area (Å²) in [4.78, 5) is 0. The average molecular weight is 158 g/mol. The van der Waals surface area contributed by atoms with E-state index in [-0.39, 0.29) is 12.2 Å². The summed E-state index contributed by atoms with van der Waals surface area (Å²) in [6.45, 7) is 1.24. The third-order valence-electron chi connectivity index (χ3n) is 2.00. The summed E-state index contributed by atoms with van der Waals surface area (Å²) in [5.41, 5.74) is 0. The standard InChI is InChI=1S/C7H15BO3/c1-10-4-7-6(9)2-5(8)3-11-7/h5-7,9H,2-4,8H2,1H3/t5-,6?,7?/m1/s1. The van der Waals surface area contributed by atoms with Crippen LogP contribution in [0.15, 0.2) is 0 Å². The van der Waals surface area contributed by atoms with E-state index in [0.717, 1.165) is 13.0 Å². The zero-order valence-electron chi connectivity index (χ0n) is 7.12. The third kappa shape index (κ3) is 2.47. The minimum atomic E-state index is -0.348. The molecular formula is C7H15BO3. The average Bonchev–Trinajstić information content (AvgIpc) is 1.95. The van der Waals surface area contributed by atoms with Gasteiger partial charge < -0.3 is 14.6 Å². The van der Waals surface area contributed by atoms with Gasteiger partial charge in [-0.15, -0.1) is 0 Å². The van der Waals surface area contributed by atoms with E-state index in [4.69, 9.17) is 9.47 Å². The molecule has 1 rings (SSSR count). The van der Waals surface area contributed by atoms with Crippen molar-refractivity contribution in [1.29, 1.82) is 0 Å². The number of rotatable bonds is 2. The second-order valence-electron chi connectivity index (χ2n) is 3.24. The van der Waals surface area contributed by atoms with Gasteiger partial charge in [0.05, 0.1) is 12.7 Å². The first-order chi connectivity index (χ1) is 5.24. The van der Waals surface area contributed by atoms with E-state index in [1.807, 2.05) is 0 Å². The van der Waals surface area contributed by atoms with Crippen LogP contribution in [-0.2, 0) is 9.47 Å². The molecule has 64 valence electrons. The van der Waals surface area contributed by atoms with Gasteiger partial charge in [0.1, 0.15) is 14.0 Å². The largest absolute Gasteiger partial charge is 0.390 e. The van der Waals surface area contributed by atoms with Crippen molar-refractivity contribution >= 4 is 7.85 Å². The monoisotopic (exact) mass is 158 g/mol. The molecule has 1 fully saturated rings. The zero-order valence-corrected chi connectivity index (χ0v) is 7.12. The van der Waals surface area contributed by atoms with Gasteiger partial charge in [-0.1, -0.05) is 0 Å². The van der Waals surface area contributed by atoms with Crippen molar-refractivity contribution in [3.8, 4) is 0 Å². The van der Waals surface area contributed by atoms with Crippen LogP contribution in [0.1, 0.15) is 6.42 Å². The van der Waals surface area contributed by atoms with Crippen LogP contribution >= 0.6 is 0 Å². The van der Waals surface area contributed by atoms with Gasteiger partial charge in [-0.3, -0.25) is 0 Å². The first kappa shape index (κ1) is 9.04. The van der Waals surface area contributed by atoms with Crippen LogP contribution < -0.4 is 0 Å². The van der Waals surface area contributed by atoms with Crippen LogP contribution in [0, 0.1) is 0 Å². The van der Waals surface area contributed by atoms with Crippen molar-refractivity contribution in [3.05, 3.63) is 0 Å². The predicted molar refractivity (Wildman–Crippen MR) is 44.5 cm³/mol. The van der Waals surface area contributed by atoms with E-state index >= 15 is 0 Å². The highest BCUT2D eigenvalue weighted by Gasteiger charge is 2.27. The fourth-order valence-electron chi connectivity index (χ4n) is 1.35. The van der Waals surface area contributed by atoms with Gasteiger partial charge in [0.2, 0.25) is 0 Å². The van der Waals surface area contributed by atoms with Crippen LogP contribution in [0.4, 0.5) is 0 Å². The van der Waals surface area contributed by atoms with Crippen LogP contribution in [0.5, 0.6) is 0 Å². The molecule has 1 aliphatic rings.